The Balaban J connectivity index is 1.48. The second-order valence-electron chi connectivity index (χ2n) is 6.34. The topological polar surface area (TPSA) is 74.6 Å². The summed E-state index contributed by atoms with van der Waals surface area (Å²) in [6.07, 6.45) is 0.643. The fraction of sp³-hybridized carbons (Fsp3) is 0.263. The highest BCUT2D eigenvalue weighted by molar-refractivity contribution is 6.25. The van der Waals surface area contributed by atoms with Crippen molar-refractivity contribution in [3.8, 4) is 5.75 Å². The van der Waals surface area contributed by atoms with E-state index in [0.29, 0.717) is 18.7 Å². The van der Waals surface area contributed by atoms with Crippen molar-refractivity contribution >= 4 is 17.5 Å². The molecule has 2 aromatic rings. The van der Waals surface area contributed by atoms with Gasteiger partial charge in [0.1, 0.15) is 11.6 Å². The highest BCUT2D eigenvalue weighted by Crippen LogP contribution is 2.32. The Bertz CT molecular complexity index is 898. The number of benzene rings is 2. The van der Waals surface area contributed by atoms with Crippen molar-refractivity contribution in [2.24, 2.45) is 10.3 Å². The highest BCUT2D eigenvalue weighted by atomic mass is 19.1. The second kappa shape index (κ2) is 6.79. The molecule has 8 heteroatoms. The lowest BCUT2D eigenvalue weighted by Gasteiger charge is -2.20. The van der Waals surface area contributed by atoms with Crippen LogP contribution in [0.1, 0.15) is 5.56 Å². The Morgan fingerprint density at radius 1 is 1.04 bits per heavy atom. The van der Waals surface area contributed by atoms with Gasteiger partial charge in [0.2, 0.25) is 0 Å². The number of imide groups is 1. The largest absolute Gasteiger partial charge is 0.497 e. The number of carbonyl (C=O) groups is 2. The Morgan fingerprint density at radius 2 is 1.74 bits per heavy atom. The highest BCUT2D eigenvalue weighted by Gasteiger charge is 2.54. The van der Waals surface area contributed by atoms with E-state index in [9.17, 15) is 14.0 Å². The fourth-order valence-electron chi connectivity index (χ4n) is 3.29. The number of rotatable bonds is 5. The molecule has 2 aromatic carbocycles. The van der Waals surface area contributed by atoms with Crippen molar-refractivity contribution in [2.45, 2.75) is 18.5 Å². The zero-order valence-electron chi connectivity index (χ0n) is 14.6. The van der Waals surface area contributed by atoms with E-state index >= 15 is 0 Å². The van der Waals surface area contributed by atoms with Gasteiger partial charge in [0, 0.05) is 6.54 Å². The maximum atomic E-state index is 13.1. The first-order chi connectivity index (χ1) is 13.1. The van der Waals surface area contributed by atoms with E-state index in [4.69, 9.17) is 4.74 Å². The first-order valence-electron chi connectivity index (χ1n) is 8.52. The molecule has 2 aliphatic rings. The SMILES string of the molecule is COc1ccc(CCN2N=N[C@H]3C(=O)N(c4ccc(F)cc4)C(=O)[C@H]32)cc1. The molecule has 2 atom stereocenters. The zero-order valence-corrected chi connectivity index (χ0v) is 14.6. The average molecular weight is 368 g/mol. The molecule has 1 saturated heterocycles. The molecule has 0 saturated carbocycles. The number of carbonyl (C=O) groups excluding carboxylic acids is 2. The maximum Gasteiger partial charge on any atom is 0.263 e. The van der Waals surface area contributed by atoms with Crippen molar-refractivity contribution in [3.05, 3.63) is 59.9 Å². The molecule has 2 heterocycles. The molecule has 2 aliphatic heterocycles. The average Bonchev–Trinajstić information content (AvgIpc) is 3.21. The van der Waals surface area contributed by atoms with Crippen LogP contribution in [0.5, 0.6) is 5.75 Å². The summed E-state index contributed by atoms with van der Waals surface area (Å²) in [6.45, 7) is 0.452. The molecule has 27 heavy (non-hydrogen) atoms. The molecule has 2 amide bonds. The molecular formula is C19H17FN4O3. The van der Waals surface area contributed by atoms with Crippen LogP contribution in [-0.4, -0.2) is 42.6 Å². The van der Waals surface area contributed by atoms with E-state index in [2.05, 4.69) is 10.3 Å². The summed E-state index contributed by atoms with van der Waals surface area (Å²) in [4.78, 5) is 26.5. The maximum absolute atomic E-state index is 13.1. The number of hydrogen-bond acceptors (Lipinski definition) is 6. The number of fused-ring (bicyclic) bond motifs is 1. The molecule has 7 nitrogen and oxygen atoms in total. The summed E-state index contributed by atoms with van der Waals surface area (Å²) in [6, 6.07) is 11.3. The standard InChI is InChI=1S/C19H17FN4O3/c1-27-15-8-2-12(3-9-15)10-11-23-17-16(21-22-23)18(25)24(19(17)26)14-6-4-13(20)5-7-14/h2-9,16-17H,10-11H2,1H3/t16-,17+/m1/s1. The molecule has 138 valence electrons. The van der Waals surface area contributed by atoms with Crippen molar-refractivity contribution in [3.63, 3.8) is 0 Å². The van der Waals surface area contributed by atoms with Gasteiger partial charge in [-0.15, -0.1) is 0 Å². The van der Waals surface area contributed by atoms with Gasteiger partial charge in [-0.1, -0.05) is 17.4 Å². The lowest BCUT2D eigenvalue weighted by atomic mass is 10.1. The first-order valence-corrected chi connectivity index (χ1v) is 8.52. The molecule has 4 rings (SSSR count). The predicted molar refractivity (Wildman–Crippen MR) is 94.7 cm³/mol. The van der Waals surface area contributed by atoms with Crippen molar-refractivity contribution in [1.82, 2.24) is 5.01 Å². The molecule has 0 N–H and O–H groups in total. The number of nitrogens with zero attached hydrogens (tertiary/aromatic N) is 4. The fourth-order valence-corrected chi connectivity index (χ4v) is 3.29. The summed E-state index contributed by atoms with van der Waals surface area (Å²) in [5.41, 5.74) is 1.40. The molecular weight excluding hydrogens is 351 g/mol. The molecule has 1 fully saturated rings. The van der Waals surface area contributed by atoms with Gasteiger partial charge in [-0.2, -0.15) is 5.11 Å². The first kappa shape index (κ1) is 17.1. The van der Waals surface area contributed by atoms with Gasteiger partial charge in [0.05, 0.1) is 12.8 Å². The van der Waals surface area contributed by atoms with Crippen molar-refractivity contribution in [1.29, 1.82) is 0 Å². The van der Waals surface area contributed by atoms with Crippen LogP contribution in [0.3, 0.4) is 0 Å². The van der Waals surface area contributed by atoms with Gasteiger partial charge in [0.25, 0.3) is 11.8 Å². The van der Waals surface area contributed by atoms with Crippen LogP contribution in [0.15, 0.2) is 58.9 Å². The summed E-state index contributed by atoms with van der Waals surface area (Å²) < 4.78 is 18.3. The molecule has 0 bridgehead atoms. The van der Waals surface area contributed by atoms with E-state index in [1.54, 1.807) is 12.1 Å². The van der Waals surface area contributed by atoms with Crippen LogP contribution < -0.4 is 9.64 Å². The van der Waals surface area contributed by atoms with Crippen LogP contribution >= 0.6 is 0 Å². The Morgan fingerprint density at radius 3 is 2.41 bits per heavy atom. The van der Waals surface area contributed by atoms with Gasteiger partial charge in [-0.3, -0.25) is 14.6 Å². The summed E-state index contributed by atoms with van der Waals surface area (Å²) >= 11 is 0. The van der Waals surface area contributed by atoms with Crippen LogP contribution in [-0.2, 0) is 16.0 Å². The van der Waals surface area contributed by atoms with Crippen molar-refractivity contribution < 1.29 is 18.7 Å². The third-order valence-electron chi connectivity index (χ3n) is 4.73. The minimum Gasteiger partial charge on any atom is -0.497 e. The van der Waals surface area contributed by atoms with E-state index < -0.39 is 29.7 Å². The molecule has 0 aromatic heterocycles. The van der Waals surface area contributed by atoms with Crippen LogP contribution in [0.25, 0.3) is 0 Å². The zero-order chi connectivity index (χ0) is 19.0. The number of methoxy groups -OCH3 is 1. The monoisotopic (exact) mass is 368 g/mol. The van der Waals surface area contributed by atoms with Crippen LogP contribution in [0, 0.1) is 5.82 Å². The summed E-state index contributed by atoms with van der Waals surface area (Å²) in [5, 5.41) is 9.56. The van der Waals surface area contributed by atoms with E-state index in [1.165, 1.54) is 24.3 Å². The minimum absolute atomic E-state index is 0.339. The number of anilines is 1. The summed E-state index contributed by atoms with van der Waals surface area (Å²) in [5.74, 6) is -0.492. The van der Waals surface area contributed by atoms with E-state index in [-0.39, 0.29) is 0 Å². The minimum atomic E-state index is -0.849. The molecule has 0 unspecified atom stereocenters. The second-order valence-corrected chi connectivity index (χ2v) is 6.34. The quantitative estimate of drug-likeness (QED) is 0.760. The molecule has 0 aliphatic carbocycles. The lowest BCUT2D eigenvalue weighted by molar-refractivity contribution is -0.123. The Kier molecular flexibility index (Phi) is 4.31. The Labute approximate surface area is 155 Å². The third kappa shape index (κ3) is 3.03. The third-order valence-corrected chi connectivity index (χ3v) is 4.73. The predicted octanol–water partition coefficient (Wildman–Crippen LogP) is 2.37. The van der Waals surface area contributed by atoms with Gasteiger partial charge in [-0.05, 0) is 48.4 Å². The summed E-state index contributed by atoms with van der Waals surface area (Å²) in [7, 11) is 1.61. The molecule has 0 radical (unpaired) electrons. The van der Waals surface area contributed by atoms with E-state index in [0.717, 1.165) is 16.2 Å². The Hall–Kier alpha value is -3.29. The normalized spacial score (nSPS) is 21.1. The van der Waals surface area contributed by atoms with Crippen LogP contribution in [0.2, 0.25) is 0 Å². The van der Waals surface area contributed by atoms with Gasteiger partial charge in [0.15, 0.2) is 12.1 Å². The lowest BCUT2D eigenvalue weighted by Crippen LogP contribution is -2.40. The number of hydrogen-bond donors (Lipinski definition) is 0. The van der Waals surface area contributed by atoms with Gasteiger partial charge >= 0.3 is 0 Å². The van der Waals surface area contributed by atoms with Crippen LogP contribution in [0.4, 0.5) is 10.1 Å². The smallest absolute Gasteiger partial charge is 0.263 e. The number of halogens is 1. The van der Waals surface area contributed by atoms with E-state index in [1.807, 2.05) is 24.3 Å². The van der Waals surface area contributed by atoms with Crippen molar-refractivity contribution in [2.75, 3.05) is 18.6 Å². The van der Waals surface area contributed by atoms with Gasteiger partial charge in [-0.25, -0.2) is 9.29 Å². The van der Waals surface area contributed by atoms with Gasteiger partial charge < -0.3 is 4.74 Å². The molecule has 0 spiro atoms. The number of amides is 2. The number of ether oxygens (including phenoxy) is 1.